The molecule has 3 amide bonds. The first-order valence-electron chi connectivity index (χ1n) is 11.5. The van der Waals surface area contributed by atoms with Crippen LogP contribution in [0.15, 0.2) is 94.2 Å². The molecular weight excluding hydrogens is 522 g/mol. The third kappa shape index (κ3) is 6.53. The average Bonchev–Trinajstić information content (AvgIpc) is 3.64. The van der Waals surface area contributed by atoms with Crippen molar-refractivity contribution in [1.29, 1.82) is 0 Å². The van der Waals surface area contributed by atoms with E-state index in [1.807, 2.05) is 0 Å². The predicted octanol–water partition coefficient (Wildman–Crippen LogP) is 4.85. The van der Waals surface area contributed by atoms with Crippen molar-refractivity contribution in [2.45, 2.75) is 18.8 Å². The number of anilines is 1. The molecule has 0 spiro atoms. The number of furan rings is 2. The minimum Gasteiger partial charge on any atom is -0.467 e. The Bertz CT molecular complexity index is 1440. The van der Waals surface area contributed by atoms with Crippen molar-refractivity contribution >= 4 is 23.4 Å². The van der Waals surface area contributed by atoms with Crippen molar-refractivity contribution in [3.63, 3.8) is 0 Å². The number of nitrogens with one attached hydrogen (secondary N) is 2. The number of carbonyl (C=O) groups excluding carboxylic acids is 3. The van der Waals surface area contributed by atoms with Crippen molar-refractivity contribution in [1.82, 2.24) is 10.6 Å². The van der Waals surface area contributed by atoms with Crippen LogP contribution in [0.25, 0.3) is 0 Å². The van der Waals surface area contributed by atoms with Gasteiger partial charge in [0.2, 0.25) is 11.8 Å². The lowest BCUT2D eigenvalue weighted by atomic mass is 10.0. The molecule has 0 unspecified atom stereocenters. The normalized spacial score (nSPS) is 12.0. The van der Waals surface area contributed by atoms with Gasteiger partial charge in [0.15, 0.2) is 5.76 Å². The van der Waals surface area contributed by atoms with Crippen LogP contribution in [0.3, 0.4) is 0 Å². The van der Waals surface area contributed by atoms with Crippen molar-refractivity contribution < 1.29 is 40.8 Å². The molecule has 1 atom stereocenters. The maximum Gasteiger partial charge on any atom is 0.416 e. The number of benzene rings is 2. The molecule has 0 aliphatic rings. The largest absolute Gasteiger partial charge is 0.467 e. The molecule has 0 saturated heterocycles. The summed E-state index contributed by atoms with van der Waals surface area (Å²) in [5.41, 5.74) is -1.72. The SMILES string of the molecule is O=C(NCC(=O)N(c1cccc(C(F)(F)F)c1)[C@@H](C(=O)NCc1ccco1)c1ccccc1F)c1ccco1. The van der Waals surface area contributed by atoms with Crippen molar-refractivity contribution in [3.05, 3.63) is 114 Å². The Kier molecular flexibility index (Phi) is 8.13. The summed E-state index contributed by atoms with van der Waals surface area (Å²) in [4.78, 5) is 40.1. The first-order valence-corrected chi connectivity index (χ1v) is 11.5. The number of nitrogens with zero attached hydrogens (tertiary/aromatic N) is 1. The summed E-state index contributed by atoms with van der Waals surface area (Å²) in [7, 11) is 0. The molecule has 0 aliphatic carbocycles. The lowest BCUT2D eigenvalue weighted by Crippen LogP contribution is -2.48. The number of carbonyl (C=O) groups is 3. The van der Waals surface area contributed by atoms with Crippen molar-refractivity contribution in [2.24, 2.45) is 0 Å². The van der Waals surface area contributed by atoms with Gasteiger partial charge in [0.25, 0.3) is 5.91 Å². The van der Waals surface area contributed by atoms with Crippen LogP contribution in [0.1, 0.15) is 33.5 Å². The highest BCUT2D eigenvalue weighted by Crippen LogP contribution is 2.35. The molecule has 2 N–H and O–H groups in total. The van der Waals surface area contributed by atoms with Crippen LogP contribution < -0.4 is 15.5 Å². The van der Waals surface area contributed by atoms with Gasteiger partial charge in [-0.25, -0.2) is 4.39 Å². The Balaban J connectivity index is 1.75. The summed E-state index contributed by atoms with van der Waals surface area (Å²) < 4.78 is 65.8. The number of hydrogen-bond acceptors (Lipinski definition) is 5. The summed E-state index contributed by atoms with van der Waals surface area (Å²) >= 11 is 0. The smallest absolute Gasteiger partial charge is 0.416 e. The van der Waals surface area contributed by atoms with E-state index in [1.165, 1.54) is 48.9 Å². The van der Waals surface area contributed by atoms with Crippen LogP contribution in [0.4, 0.5) is 23.2 Å². The Labute approximate surface area is 219 Å². The Morgan fingerprint density at radius 3 is 2.28 bits per heavy atom. The van der Waals surface area contributed by atoms with Crippen LogP contribution in [0.2, 0.25) is 0 Å². The second kappa shape index (κ2) is 11.7. The average molecular weight is 543 g/mol. The van der Waals surface area contributed by atoms with Gasteiger partial charge in [-0.05, 0) is 48.5 Å². The highest BCUT2D eigenvalue weighted by atomic mass is 19.4. The van der Waals surface area contributed by atoms with Crippen LogP contribution in [-0.4, -0.2) is 24.3 Å². The topological polar surface area (TPSA) is 105 Å². The lowest BCUT2D eigenvalue weighted by Gasteiger charge is -2.32. The highest BCUT2D eigenvalue weighted by Gasteiger charge is 2.37. The molecule has 0 bridgehead atoms. The molecule has 4 rings (SSSR count). The molecule has 8 nitrogen and oxygen atoms in total. The first-order chi connectivity index (χ1) is 18.6. The molecule has 2 aromatic carbocycles. The van der Waals surface area contributed by atoms with Crippen LogP contribution >= 0.6 is 0 Å². The van der Waals surface area contributed by atoms with Gasteiger partial charge in [-0.1, -0.05) is 24.3 Å². The second-order valence-corrected chi connectivity index (χ2v) is 8.19. The standard InChI is InChI=1S/C27H21F4N3O5/c28-21-10-2-1-9-20(21)24(26(37)32-15-19-8-4-12-38-19)34(18-7-3-6-17(14-18)27(29,30)31)23(35)16-33-25(36)22-11-5-13-39-22/h1-14,24H,15-16H2,(H,32,37)(H,33,36)/t24-/m1/s1. The number of hydrogen-bond donors (Lipinski definition) is 2. The fourth-order valence-corrected chi connectivity index (χ4v) is 3.78. The summed E-state index contributed by atoms with van der Waals surface area (Å²) in [5, 5.41) is 4.84. The van der Waals surface area contributed by atoms with Crippen molar-refractivity contribution in [3.8, 4) is 0 Å². The van der Waals surface area contributed by atoms with E-state index in [0.29, 0.717) is 16.7 Å². The zero-order chi connectivity index (χ0) is 28.0. The van der Waals surface area contributed by atoms with Crippen LogP contribution in [0, 0.1) is 5.82 Å². The van der Waals surface area contributed by atoms with Gasteiger partial charge < -0.3 is 19.5 Å². The van der Waals surface area contributed by atoms with E-state index in [0.717, 1.165) is 18.2 Å². The van der Waals surface area contributed by atoms with E-state index in [4.69, 9.17) is 8.83 Å². The quantitative estimate of drug-likeness (QED) is 0.294. The zero-order valence-corrected chi connectivity index (χ0v) is 20.1. The highest BCUT2D eigenvalue weighted by molar-refractivity contribution is 6.04. The van der Waals surface area contributed by atoms with E-state index in [-0.39, 0.29) is 23.6 Å². The van der Waals surface area contributed by atoms with Gasteiger partial charge in [-0.3, -0.25) is 19.3 Å². The van der Waals surface area contributed by atoms with Gasteiger partial charge in [0, 0.05) is 11.3 Å². The van der Waals surface area contributed by atoms with E-state index in [9.17, 15) is 27.6 Å². The lowest BCUT2D eigenvalue weighted by molar-refractivity contribution is -0.137. The minimum absolute atomic E-state index is 0.115. The van der Waals surface area contributed by atoms with E-state index in [1.54, 1.807) is 12.1 Å². The molecule has 0 aliphatic heterocycles. The molecule has 2 heterocycles. The molecule has 4 aromatic rings. The molecule has 0 fully saturated rings. The van der Waals surface area contributed by atoms with Crippen LogP contribution in [-0.2, 0) is 22.3 Å². The fourth-order valence-electron chi connectivity index (χ4n) is 3.78. The van der Waals surface area contributed by atoms with E-state index >= 15 is 4.39 Å². The molecule has 39 heavy (non-hydrogen) atoms. The monoisotopic (exact) mass is 543 g/mol. The number of rotatable bonds is 9. The van der Waals surface area contributed by atoms with Crippen LogP contribution in [0.5, 0.6) is 0 Å². The molecule has 0 radical (unpaired) electrons. The van der Waals surface area contributed by atoms with Gasteiger partial charge in [-0.15, -0.1) is 0 Å². The molecule has 2 aromatic heterocycles. The first kappa shape index (κ1) is 27.2. The molecule has 12 heteroatoms. The predicted molar refractivity (Wildman–Crippen MR) is 130 cm³/mol. The summed E-state index contributed by atoms with van der Waals surface area (Å²) in [6.07, 6.45) is -2.16. The minimum atomic E-state index is -4.77. The summed E-state index contributed by atoms with van der Waals surface area (Å²) in [6, 6.07) is 12.9. The Morgan fingerprint density at radius 1 is 0.872 bits per heavy atom. The second-order valence-electron chi connectivity index (χ2n) is 8.19. The molecule has 0 saturated carbocycles. The number of alkyl halides is 3. The van der Waals surface area contributed by atoms with E-state index in [2.05, 4.69) is 10.6 Å². The fraction of sp³-hybridized carbons (Fsp3) is 0.148. The third-order valence-corrected chi connectivity index (χ3v) is 5.59. The number of halogens is 4. The summed E-state index contributed by atoms with van der Waals surface area (Å²) in [6.45, 7) is -0.886. The molecule has 202 valence electrons. The number of amides is 3. The van der Waals surface area contributed by atoms with Gasteiger partial charge >= 0.3 is 6.18 Å². The Morgan fingerprint density at radius 2 is 1.62 bits per heavy atom. The van der Waals surface area contributed by atoms with Gasteiger partial charge in [0.05, 0.1) is 31.2 Å². The van der Waals surface area contributed by atoms with Gasteiger partial charge in [-0.2, -0.15) is 13.2 Å². The zero-order valence-electron chi connectivity index (χ0n) is 20.1. The maximum atomic E-state index is 15.0. The van der Waals surface area contributed by atoms with Gasteiger partial charge in [0.1, 0.15) is 17.6 Å². The molecular formula is C27H21F4N3O5. The maximum absolute atomic E-state index is 15.0. The third-order valence-electron chi connectivity index (χ3n) is 5.59. The summed E-state index contributed by atoms with van der Waals surface area (Å²) in [5.74, 6) is -3.31. The Hall–Kier alpha value is -4.87. The van der Waals surface area contributed by atoms with Crippen molar-refractivity contribution in [2.75, 3.05) is 11.4 Å². The van der Waals surface area contributed by atoms with E-state index < -0.39 is 47.9 Å².